The summed E-state index contributed by atoms with van der Waals surface area (Å²) in [5.41, 5.74) is 7.08. The van der Waals surface area contributed by atoms with E-state index < -0.39 is 0 Å². The molecule has 4 rings (SSSR count). The van der Waals surface area contributed by atoms with Crippen LogP contribution in [-0.4, -0.2) is 5.54 Å². The maximum Gasteiger partial charge on any atom is 0.0272 e. The molecule has 0 aliphatic heterocycles. The first kappa shape index (κ1) is 5.59. The van der Waals surface area contributed by atoms with Crippen molar-refractivity contribution in [1.82, 2.24) is 0 Å². The quantitative estimate of drug-likeness (QED) is 0.536. The molecule has 2 atom stereocenters. The number of rotatable bonds is 0. The first-order valence-electron chi connectivity index (χ1n) is 4.37. The highest BCUT2D eigenvalue weighted by Crippen LogP contribution is 2.79. The summed E-state index contributed by atoms with van der Waals surface area (Å²) in [6.07, 6.45) is 2.88. The maximum atomic E-state index is 6.31. The van der Waals surface area contributed by atoms with Gasteiger partial charge in [0, 0.05) is 5.54 Å². The van der Waals surface area contributed by atoms with Crippen LogP contribution in [0.2, 0.25) is 0 Å². The molecular weight excluding hydrogens is 122 g/mol. The lowest BCUT2D eigenvalue weighted by Gasteiger charge is -2.28. The smallest absolute Gasteiger partial charge is 0.0272 e. The molecule has 56 valence electrons. The van der Waals surface area contributed by atoms with Crippen molar-refractivity contribution in [2.45, 2.75) is 32.2 Å². The maximum absolute atomic E-state index is 6.31. The first-order chi connectivity index (χ1) is 4.58. The van der Waals surface area contributed by atoms with Gasteiger partial charge in [-0.25, -0.2) is 0 Å². The normalized spacial score (nSPS) is 66.9. The fourth-order valence-corrected chi connectivity index (χ4v) is 3.89. The molecule has 0 aromatic rings. The predicted molar refractivity (Wildman–Crippen MR) is 40.4 cm³/mol. The zero-order valence-electron chi connectivity index (χ0n) is 6.72. The fraction of sp³-hybridized carbons (Fsp3) is 1.00. The molecule has 0 aromatic carbocycles. The molecular formula is C9H15N. The molecule has 1 nitrogen and oxygen atoms in total. The predicted octanol–water partition coefficient (Wildman–Crippen LogP) is 1.38. The SMILES string of the molecule is CC1(C)C2CC3C(C2)C31N. The van der Waals surface area contributed by atoms with Crippen LogP contribution in [0.5, 0.6) is 0 Å². The Morgan fingerprint density at radius 2 is 1.70 bits per heavy atom. The summed E-state index contributed by atoms with van der Waals surface area (Å²) in [4.78, 5) is 0. The zero-order chi connectivity index (χ0) is 7.15. The molecule has 0 heterocycles. The van der Waals surface area contributed by atoms with E-state index in [1.54, 1.807) is 0 Å². The molecule has 0 radical (unpaired) electrons. The van der Waals surface area contributed by atoms with Gasteiger partial charge in [0.2, 0.25) is 0 Å². The lowest BCUT2D eigenvalue weighted by atomic mass is 9.80. The second-order valence-electron chi connectivity index (χ2n) is 5.04. The Labute approximate surface area is 62.0 Å². The van der Waals surface area contributed by atoms with Gasteiger partial charge in [-0.05, 0) is 36.0 Å². The van der Waals surface area contributed by atoms with E-state index in [1.165, 1.54) is 12.8 Å². The zero-order valence-corrected chi connectivity index (χ0v) is 6.72. The van der Waals surface area contributed by atoms with Crippen molar-refractivity contribution in [2.75, 3.05) is 0 Å². The molecule has 0 aromatic heterocycles. The van der Waals surface area contributed by atoms with Gasteiger partial charge in [-0.2, -0.15) is 0 Å². The third kappa shape index (κ3) is 0.282. The highest BCUT2D eigenvalue weighted by Gasteiger charge is 2.80. The van der Waals surface area contributed by atoms with Crippen LogP contribution < -0.4 is 5.73 Å². The molecule has 4 saturated carbocycles. The Balaban J connectivity index is 2.17. The Morgan fingerprint density at radius 1 is 1.20 bits per heavy atom. The van der Waals surface area contributed by atoms with Crippen LogP contribution in [0.15, 0.2) is 0 Å². The van der Waals surface area contributed by atoms with Gasteiger partial charge in [-0.15, -0.1) is 0 Å². The number of nitrogens with two attached hydrogens (primary N) is 1. The van der Waals surface area contributed by atoms with Gasteiger partial charge in [0.15, 0.2) is 0 Å². The van der Waals surface area contributed by atoms with Gasteiger partial charge < -0.3 is 5.73 Å². The second-order valence-corrected chi connectivity index (χ2v) is 5.04. The van der Waals surface area contributed by atoms with Crippen molar-refractivity contribution in [1.29, 1.82) is 0 Å². The standard InChI is InChI=1S/C9H15N/c1-8(2)5-3-6-7(4-5)9(6,8)10/h5-7H,3-4,10H2,1-2H3. The van der Waals surface area contributed by atoms with Crippen molar-refractivity contribution in [2.24, 2.45) is 28.9 Å². The summed E-state index contributed by atoms with van der Waals surface area (Å²) in [5, 5.41) is 0. The minimum Gasteiger partial charge on any atom is -0.324 e. The average Bonchev–Trinajstić information content (AvgIpc) is 2.30. The van der Waals surface area contributed by atoms with Crippen molar-refractivity contribution >= 4 is 0 Å². The van der Waals surface area contributed by atoms with E-state index in [4.69, 9.17) is 5.73 Å². The number of hydrogen-bond donors (Lipinski definition) is 1. The Kier molecular flexibility index (Phi) is 0.602. The van der Waals surface area contributed by atoms with Crippen LogP contribution in [0.3, 0.4) is 0 Å². The van der Waals surface area contributed by atoms with Gasteiger partial charge in [0.05, 0.1) is 0 Å². The van der Waals surface area contributed by atoms with E-state index in [-0.39, 0.29) is 5.54 Å². The highest BCUT2D eigenvalue weighted by molar-refractivity contribution is 5.34. The van der Waals surface area contributed by atoms with Crippen LogP contribution in [0.4, 0.5) is 0 Å². The van der Waals surface area contributed by atoms with E-state index >= 15 is 0 Å². The van der Waals surface area contributed by atoms with E-state index in [2.05, 4.69) is 13.8 Å². The minimum atomic E-state index is 0.289. The highest BCUT2D eigenvalue weighted by atomic mass is 15.0. The van der Waals surface area contributed by atoms with E-state index in [9.17, 15) is 0 Å². The van der Waals surface area contributed by atoms with Crippen molar-refractivity contribution in [3.8, 4) is 0 Å². The lowest BCUT2D eigenvalue weighted by Crippen LogP contribution is -2.38. The third-order valence-electron chi connectivity index (χ3n) is 4.82. The molecule has 4 aliphatic carbocycles. The van der Waals surface area contributed by atoms with Crippen molar-refractivity contribution < 1.29 is 0 Å². The van der Waals surface area contributed by atoms with Crippen LogP contribution >= 0.6 is 0 Å². The van der Waals surface area contributed by atoms with Gasteiger partial charge in [0.25, 0.3) is 0 Å². The number of hydrogen-bond acceptors (Lipinski definition) is 1. The topological polar surface area (TPSA) is 26.0 Å². The summed E-state index contributed by atoms with van der Waals surface area (Å²) in [6.45, 7) is 4.73. The molecule has 4 aliphatic rings. The van der Waals surface area contributed by atoms with Gasteiger partial charge in [0.1, 0.15) is 0 Å². The third-order valence-corrected chi connectivity index (χ3v) is 4.82. The van der Waals surface area contributed by atoms with Gasteiger partial charge in [-0.3, -0.25) is 0 Å². The molecule has 0 saturated heterocycles. The van der Waals surface area contributed by atoms with Crippen LogP contribution in [0.1, 0.15) is 26.7 Å². The summed E-state index contributed by atoms with van der Waals surface area (Å²) in [7, 11) is 0. The summed E-state index contributed by atoms with van der Waals surface area (Å²) < 4.78 is 0. The first-order valence-corrected chi connectivity index (χ1v) is 4.37. The molecule has 2 N–H and O–H groups in total. The molecule has 2 unspecified atom stereocenters. The lowest BCUT2D eigenvalue weighted by molar-refractivity contribution is 0.244. The molecule has 1 heteroatoms. The van der Waals surface area contributed by atoms with E-state index in [1.807, 2.05) is 0 Å². The summed E-state index contributed by atoms with van der Waals surface area (Å²) >= 11 is 0. The molecule has 4 fully saturated rings. The van der Waals surface area contributed by atoms with E-state index in [0.29, 0.717) is 5.41 Å². The Morgan fingerprint density at radius 3 is 1.80 bits per heavy atom. The van der Waals surface area contributed by atoms with Crippen molar-refractivity contribution in [3.05, 3.63) is 0 Å². The largest absolute Gasteiger partial charge is 0.324 e. The Hall–Kier alpha value is -0.0400. The summed E-state index contributed by atoms with van der Waals surface area (Å²) in [5.74, 6) is 2.81. The van der Waals surface area contributed by atoms with E-state index in [0.717, 1.165) is 17.8 Å². The molecule has 4 bridgehead atoms. The monoisotopic (exact) mass is 137 g/mol. The average molecular weight is 137 g/mol. The van der Waals surface area contributed by atoms with Gasteiger partial charge >= 0.3 is 0 Å². The minimum absolute atomic E-state index is 0.289. The van der Waals surface area contributed by atoms with Gasteiger partial charge in [-0.1, -0.05) is 13.8 Å². The molecule has 0 amide bonds. The summed E-state index contributed by atoms with van der Waals surface area (Å²) in [6, 6.07) is 0. The molecule has 0 spiro atoms. The van der Waals surface area contributed by atoms with Crippen LogP contribution in [0, 0.1) is 23.2 Å². The second kappa shape index (κ2) is 1.08. The fourth-order valence-electron chi connectivity index (χ4n) is 3.89. The Bertz CT molecular complexity index is 192. The van der Waals surface area contributed by atoms with Crippen LogP contribution in [0.25, 0.3) is 0 Å². The molecule has 10 heavy (non-hydrogen) atoms. The van der Waals surface area contributed by atoms with Crippen molar-refractivity contribution in [3.63, 3.8) is 0 Å². The van der Waals surface area contributed by atoms with Crippen LogP contribution in [-0.2, 0) is 0 Å².